The highest BCUT2D eigenvalue weighted by Crippen LogP contribution is 2.32. The maximum Gasteiger partial charge on any atom is 0.210 e. The van der Waals surface area contributed by atoms with Crippen molar-refractivity contribution in [2.75, 3.05) is 0 Å². The van der Waals surface area contributed by atoms with Gasteiger partial charge >= 0.3 is 0 Å². The molecule has 1 rings (SSSR count). The van der Waals surface area contributed by atoms with Crippen molar-refractivity contribution in [3.05, 3.63) is 46.3 Å². The van der Waals surface area contributed by atoms with Crippen molar-refractivity contribution < 1.29 is 13.2 Å². The number of Topliss-reactive ketones (excluding diaryl/α,β-unsaturated/α-hetero) is 1. The van der Waals surface area contributed by atoms with Crippen LogP contribution in [0.15, 0.2) is 46.3 Å². The minimum atomic E-state index is -3.63. The second kappa shape index (κ2) is 3.98. The number of rotatable bonds is 2. The monoisotopic (exact) mass is 224 g/mol. The molecule has 1 heterocycles. The smallest absolute Gasteiger partial charge is 0.210 e. The molecule has 3 nitrogen and oxygen atoms in total. The van der Waals surface area contributed by atoms with E-state index in [1.807, 2.05) is 6.92 Å². The maximum atomic E-state index is 11.7. The zero-order valence-corrected chi connectivity index (χ0v) is 9.47. The van der Waals surface area contributed by atoms with Crippen LogP contribution in [0.5, 0.6) is 0 Å². The summed E-state index contributed by atoms with van der Waals surface area (Å²) in [5, 5.41) is 0. The molecule has 0 unspecified atom stereocenters. The van der Waals surface area contributed by atoms with Crippen LogP contribution < -0.4 is 0 Å². The Morgan fingerprint density at radius 1 is 1.47 bits per heavy atom. The molecule has 4 heteroatoms. The summed E-state index contributed by atoms with van der Waals surface area (Å²) in [5.74, 6) is -0.458. The van der Waals surface area contributed by atoms with Gasteiger partial charge in [-0.05, 0) is 25.5 Å². The van der Waals surface area contributed by atoms with E-state index in [0.717, 1.165) is 0 Å². The standard InChI is InChI=1S/C11H12O3S/c1-4-5-6-10-7-11(8(2)12)15(13,14)9(10)3/h4-7H,3H2,1-2H3/b5-4-,10-6-. The molecule has 0 amide bonds. The summed E-state index contributed by atoms with van der Waals surface area (Å²) in [6.07, 6.45) is 6.46. The maximum absolute atomic E-state index is 11.7. The molecule has 0 N–H and O–H groups in total. The lowest BCUT2D eigenvalue weighted by Crippen LogP contribution is -2.06. The Kier molecular flexibility index (Phi) is 3.09. The van der Waals surface area contributed by atoms with E-state index in [4.69, 9.17) is 0 Å². The molecular weight excluding hydrogens is 212 g/mol. The molecule has 1 aliphatic heterocycles. The molecule has 0 aliphatic carbocycles. The molecule has 0 aromatic carbocycles. The number of sulfone groups is 1. The van der Waals surface area contributed by atoms with E-state index in [2.05, 4.69) is 6.58 Å². The van der Waals surface area contributed by atoms with Crippen molar-refractivity contribution in [1.82, 2.24) is 0 Å². The highest BCUT2D eigenvalue weighted by atomic mass is 32.2. The first kappa shape index (κ1) is 11.7. The molecule has 0 aromatic rings. The Labute approximate surface area is 89.4 Å². The van der Waals surface area contributed by atoms with Crippen LogP contribution in [0.4, 0.5) is 0 Å². The van der Waals surface area contributed by atoms with E-state index in [9.17, 15) is 13.2 Å². The Hall–Kier alpha value is -1.42. The fraction of sp³-hybridized carbons (Fsp3) is 0.182. The van der Waals surface area contributed by atoms with E-state index in [1.54, 1.807) is 18.2 Å². The summed E-state index contributed by atoms with van der Waals surface area (Å²) in [7, 11) is -3.63. The van der Waals surface area contributed by atoms with Gasteiger partial charge in [0.1, 0.15) is 4.91 Å². The SMILES string of the molecule is C=C1/C(=C\C=C/C)C=C(C(C)=O)S1(=O)=O. The number of hydrogen-bond donors (Lipinski definition) is 0. The van der Waals surface area contributed by atoms with E-state index in [1.165, 1.54) is 13.0 Å². The van der Waals surface area contributed by atoms with E-state index < -0.39 is 15.6 Å². The number of carbonyl (C=O) groups is 1. The summed E-state index contributed by atoms with van der Waals surface area (Å²) in [6.45, 7) is 6.53. The molecule has 0 aromatic heterocycles. The molecule has 0 bridgehead atoms. The van der Waals surface area contributed by atoms with Crippen LogP contribution in [0.2, 0.25) is 0 Å². The number of ketones is 1. The third-order valence-corrected chi connectivity index (χ3v) is 3.91. The van der Waals surface area contributed by atoms with Crippen LogP contribution in [-0.2, 0) is 14.6 Å². The van der Waals surface area contributed by atoms with Crippen LogP contribution >= 0.6 is 0 Å². The van der Waals surface area contributed by atoms with Gasteiger partial charge in [0.05, 0.1) is 4.91 Å². The van der Waals surface area contributed by atoms with Gasteiger partial charge in [0.2, 0.25) is 9.84 Å². The molecule has 0 radical (unpaired) electrons. The van der Waals surface area contributed by atoms with Crippen molar-refractivity contribution in [3.63, 3.8) is 0 Å². The Bertz CT molecular complexity index is 502. The highest BCUT2D eigenvalue weighted by molar-refractivity contribution is 8.00. The topological polar surface area (TPSA) is 51.2 Å². The molecule has 0 saturated carbocycles. The van der Waals surface area contributed by atoms with Gasteiger partial charge in [-0.3, -0.25) is 4.79 Å². The molecule has 0 saturated heterocycles. The lowest BCUT2D eigenvalue weighted by Gasteiger charge is -1.97. The van der Waals surface area contributed by atoms with Crippen molar-refractivity contribution in [2.24, 2.45) is 0 Å². The van der Waals surface area contributed by atoms with Gasteiger partial charge in [-0.25, -0.2) is 8.42 Å². The first-order valence-electron chi connectivity index (χ1n) is 4.41. The van der Waals surface area contributed by atoms with Crippen molar-refractivity contribution in [3.8, 4) is 0 Å². The molecule has 1 aliphatic rings. The van der Waals surface area contributed by atoms with E-state index >= 15 is 0 Å². The molecule has 0 spiro atoms. The average molecular weight is 224 g/mol. The number of carbonyl (C=O) groups excluding carboxylic acids is 1. The Morgan fingerprint density at radius 2 is 2.07 bits per heavy atom. The van der Waals surface area contributed by atoms with Crippen molar-refractivity contribution in [2.45, 2.75) is 13.8 Å². The normalized spacial score (nSPS) is 22.4. The van der Waals surface area contributed by atoms with Gasteiger partial charge in [-0.15, -0.1) is 0 Å². The van der Waals surface area contributed by atoms with E-state index in [-0.39, 0.29) is 9.81 Å². The quantitative estimate of drug-likeness (QED) is 0.719. The fourth-order valence-corrected chi connectivity index (χ4v) is 2.58. The fourth-order valence-electron chi connectivity index (χ4n) is 1.22. The zero-order valence-electron chi connectivity index (χ0n) is 8.65. The summed E-state index contributed by atoms with van der Waals surface area (Å²) in [4.78, 5) is 10.9. The van der Waals surface area contributed by atoms with Crippen molar-refractivity contribution in [1.29, 1.82) is 0 Å². The summed E-state index contributed by atoms with van der Waals surface area (Å²) >= 11 is 0. The van der Waals surface area contributed by atoms with Crippen molar-refractivity contribution >= 4 is 15.6 Å². The third-order valence-electron chi connectivity index (χ3n) is 2.04. The lowest BCUT2D eigenvalue weighted by molar-refractivity contribution is -0.113. The first-order valence-corrected chi connectivity index (χ1v) is 5.89. The minimum Gasteiger partial charge on any atom is -0.294 e. The molecule has 15 heavy (non-hydrogen) atoms. The predicted octanol–water partition coefficient (Wildman–Crippen LogP) is 1.90. The van der Waals surface area contributed by atoms with Crippen LogP contribution in [0.1, 0.15) is 13.8 Å². The van der Waals surface area contributed by atoms with Crippen LogP contribution in [0, 0.1) is 0 Å². The number of hydrogen-bond acceptors (Lipinski definition) is 3. The van der Waals surface area contributed by atoms with Crippen LogP contribution in [0.3, 0.4) is 0 Å². The molecule has 0 atom stereocenters. The molecule has 0 fully saturated rings. The van der Waals surface area contributed by atoms with Gasteiger partial charge in [-0.1, -0.05) is 24.8 Å². The van der Waals surface area contributed by atoms with Crippen LogP contribution in [-0.4, -0.2) is 14.2 Å². The Balaban J connectivity index is 3.33. The third kappa shape index (κ3) is 1.99. The number of allylic oxidation sites excluding steroid dienone is 6. The second-order valence-electron chi connectivity index (χ2n) is 3.14. The zero-order chi connectivity index (χ0) is 11.6. The summed E-state index contributed by atoms with van der Waals surface area (Å²) < 4.78 is 23.3. The van der Waals surface area contributed by atoms with E-state index in [0.29, 0.717) is 5.57 Å². The first-order chi connectivity index (χ1) is 6.91. The second-order valence-corrected chi connectivity index (χ2v) is 5.08. The average Bonchev–Trinajstić information content (AvgIpc) is 2.37. The van der Waals surface area contributed by atoms with Gasteiger partial charge in [0, 0.05) is 0 Å². The van der Waals surface area contributed by atoms with Crippen LogP contribution in [0.25, 0.3) is 0 Å². The summed E-state index contributed by atoms with van der Waals surface area (Å²) in [5.41, 5.74) is 0.471. The lowest BCUT2D eigenvalue weighted by atomic mass is 10.2. The Morgan fingerprint density at radius 3 is 2.47 bits per heavy atom. The van der Waals surface area contributed by atoms with Gasteiger partial charge in [0.25, 0.3) is 0 Å². The minimum absolute atomic E-state index is 0.00852. The van der Waals surface area contributed by atoms with Gasteiger partial charge in [0.15, 0.2) is 5.78 Å². The molecular formula is C11H12O3S. The van der Waals surface area contributed by atoms with Gasteiger partial charge < -0.3 is 0 Å². The summed E-state index contributed by atoms with van der Waals surface area (Å²) in [6, 6.07) is 0. The largest absolute Gasteiger partial charge is 0.294 e. The predicted molar refractivity (Wildman–Crippen MR) is 59.7 cm³/mol. The van der Waals surface area contributed by atoms with Gasteiger partial charge in [-0.2, -0.15) is 0 Å². The highest BCUT2D eigenvalue weighted by Gasteiger charge is 2.32. The molecule has 80 valence electrons.